The minimum Gasteiger partial charge on any atom is -0.357 e. The van der Waals surface area contributed by atoms with Crippen LogP contribution in [0.25, 0.3) is 0 Å². The largest absolute Gasteiger partial charge is 0.357 e. The summed E-state index contributed by atoms with van der Waals surface area (Å²) in [4.78, 5) is 7.22. The first-order valence-electron chi connectivity index (χ1n) is 9.72. The maximum atomic E-state index is 4.69. The minimum atomic E-state index is 0. The number of hydrogen-bond donors (Lipinski definition) is 2. The van der Waals surface area contributed by atoms with Gasteiger partial charge in [0, 0.05) is 49.1 Å². The van der Waals surface area contributed by atoms with Gasteiger partial charge in [-0.05, 0) is 43.5 Å². The Morgan fingerprint density at radius 1 is 1.25 bits per heavy atom. The van der Waals surface area contributed by atoms with Gasteiger partial charge >= 0.3 is 0 Å². The zero-order valence-corrected chi connectivity index (χ0v) is 20.3. The quantitative estimate of drug-likeness (QED) is 0.309. The van der Waals surface area contributed by atoms with E-state index in [-0.39, 0.29) is 24.0 Å². The summed E-state index contributed by atoms with van der Waals surface area (Å²) in [6.07, 6.45) is 6.05. The molecule has 0 saturated carbocycles. The summed E-state index contributed by atoms with van der Waals surface area (Å²) < 4.78 is 3.05. The molecule has 0 bridgehead atoms. The molecule has 2 N–H and O–H groups in total. The molecule has 1 saturated heterocycles. The Labute approximate surface area is 193 Å². The molecule has 1 aliphatic heterocycles. The second kappa shape index (κ2) is 12.4. The molecule has 6 nitrogen and oxygen atoms in total. The van der Waals surface area contributed by atoms with Crippen LogP contribution in [0, 0.1) is 0 Å². The van der Waals surface area contributed by atoms with Crippen molar-refractivity contribution in [3.63, 3.8) is 0 Å². The summed E-state index contributed by atoms with van der Waals surface area (Å²) >= 11 is 3.50. The van der Waals surface area contributed by atoms with Crippen LogP contribution in [-0.2, 0) is 13.1 Å². The molecule has 154 valence electrons. The maximum Gasteiger partial charge on any atom is 0.191 e. The van der Waals surface area contributed by atoms with Crippen LogP contribution in [0.4, 0.5) is 0 Å². The molecule has 0 unspecified atom stereocenters. The number of piperidine rings is 1. The second-order valence-corrected chi connectivity index (χ2v) is 7.77. The first-order chi connectivity index (χ1) is 13.2. The predicted molar refractivity (Wildman–Crippen MR) is 129 cm³/mol. The van der Waals surface area contributed by atoms with Crippen LogP contribution in [0.3, 0.4) is 0 Å². The number of halogens is 2. The van der Waals surface area contributed by atoms with E-state index in [1.807, 2.05) is 16.9 Å². The standard InChI is InChI=1S/C20H29BrN6.HI/c1-2-22-20(23-11-15-27-12-3-10-24-27)25-19-8-13-26(14-9-19)16-17-4-6-18(21)7-5-17;/h3-7,10,12,19H,2,8-9,11,13-16H2,1H3,(H2,22,23,25);1H. The highest BCUT2D eigenvalue weighted by Crippen LogP contribution is 2.16. The van der Waals surface area contributed by atoms with Gasteiger partial charge in [-0.2, -0.15) is 5.10 Å². The van der Waals surface area contributed by atoms with Crippen LogP contribution >= 0.6 is 39.9 Å². The summed E-state index contributed by atoms with van der Waals surface area (Å²) in [7, 11) is 0. The van der Waals surface area contributed by atoms with Gasteiger partial charge in [0.25, 0.3) is 0 Å². The lowest BCUT2D eigenvalue weighted by atomic mass is 10.0. The summed E-state index contributed by atoms with van der Waals surface area (Å²) in [6.45, 7) is 7.75. The molecule has 0 aliphatic carbocycles. The molecule has 1 fully saturated rings. The second-order valence-electron chi connectivity index (χ2n) is 6.85. The molecule has 3 rings (SSSR count). The topological polar surface area (TPSA) is 57.5 Å². The van der Waals surface area contributed by atoms with Crippen molar-refractivity contribution in [3.8, 4) is 0 Å². The number of nitrogens with one attached hydrogen (secondary N) is 2. The molecule has 0 amide bonds. The van der Waals surface area contributed by atoms with E-state index in [0.717, 1.165) is 62.5 Å². The number of likely N-dealkylation sites (tertiary alicyclic amines) is 1. The van der Waals surface area contributed by atoms with Crippen molar-refractivity contribution in [1.82, 2.24) is 25.3 Å². The molecule has 0 spiro atoms. The van der Waals surface area contributed by atoms with E-state index in [1.54, 1.807) is 6.20 Å². The highest BCUT2D eigenvalue weighted by atomic mass is 127. The maximum absolute atomic E-state index is 4.69. The molecule has 0 radical (unpaired) electrons. The number of guanidine groups is 1. The van der Waals surface area contributed by atoms with Crippen LogP contribution in [-0.4, -0.2) is 52.9 Å². The van der Waals surface area contributed by atoms with Gasteiger partial charge in [-0.3, -0.25) is 14.6 Å². The summed E-state index contributed by atoms with van der Waals surface area (Å²) in [5.41, 5.74) is 1.37. The van der Waals surface area contributed by atoms with Crippen molar-refractivity contribution >= 4 is 45.9 Å². The summed E-state index contributed by atoms with van der Waals surface area (Å²) in [5, 5.41) is 11.2. The van der Waals surface area contributed by atoms with Gasteiger partial charge in [0.15, 0.2) is 5.96 Å². The van der Waals surface area contributed by atoms with Gasteiger partial charge in [0.05, 0.1) is 13.1 Å². The van der Waals surface area contributed by atoms with Gasteiger partial charge in [0.1, 0.15) is 0 Å². The summed E-state index contributed by atoms with van der Waals surface area (Å²) in [5.74, 6) is 0.913. The Morgan fingerprint density at radius 2 is 2.00 bits per heavy atom. The van der Waals surface area contributed by atoms with Crippen LogP contribution < -0.4 is 10.6 Å². The van der Waals surface area contributed by atoms with E-state index in [1.165, 1.54) is 5.56 Å². The van der Waals surface area contributed by atoms with Crippen molar-refractivity contribution in [3.05, 3.63) is 52.8 Å². The van der Waals surface area contributed by atoms with E-state index >= 15 is 0 Å². The Bertz CT molecular complexity index is 696. The third kappa shape index (κ3) is 7.71. The molecule has 2 heterocycles. The highest BCUT2D eigenvalue weighted by molar-refractivity contribution is 14.0. The minimum absolute atomic E-state index is 0. The fourth-order valence-corrected chi connectivity index (χ4v) is 3.56. The van der Waals surface area contributed by atoms with E-state index in [4.69, 9.17) is 4.99 Å². The molecular weight excluding hydrogens is 531 g/mol. The number of benzene rings is 1. The number of hydrogen-bond acceptors (Lipinski definition) is 3. The molecule has 0 atom stereocenters. The third-order valence-corrected chi connectivity index (χ3v) is 5.28. The molecule has 2 aromatic rings. The van der Waals surface area contributed by atoms with Crippen LogP contribution in [0.5, 0.6) is 0 Å². The zero-order chi connectivity index (χ0) is 18.9. The monoisotopic (exact) mass is 560 g/mol. The number of rotatable bonds is 7. The molecule has 28 heavy (non-hydrogen) atoms. The average molecular weight is 561 g/mol. The normalized spacial score (nSPS) is 15.9. The van der Waals surface area contributed by atoms with E-state index in [9.17, 15) is 0 Å². The van der Waals surface area contributed by atoms with Gasteiger partial charge < -0.3 is 10.6 Å². The van der Waals surface area contributed by atoms with Crippen molar-refractivity contribution in [2.24, 2.45) is 4.99 Å². The molecular formula is C20H30BrIN6. The van der Waals surface area contributed by atoms with Crippen LogP contribution in [0.15, 0.2) is 52.2 Å². The lowest BCUT2D eigenvalue weighted by Gasteiger charge is -2.33. The van der Waals surface area contributed by atoms with Gasteiger partial charge in [-0.15, -0.1) is 24.0 Å². The molecule has 8 heteroatoms. The first-order valence-corrected chi connectivity index (χ1v) is 10.5. The first kappa shape index (κ1) is 23.2. The van der Waals surface area contributed by atoms with Gasteiger partial charge in [0.2, 0.25) is 0 Å². The smallest absolute Gasteiger partial charge is 0.191 e. The lowest BCUT2D eigenvalue weighted by Crippen LogP contribution is -2.48. The van der Waals surface area contributed by atoms with Crippen molar-refractivity contribution in [1.29, 1.82) is 0 Å². The Balaban J connectivity index is 0.00000280. The fourth-order valence-electron chi connectivity index (χ4n) is 3.29. The van der Waals surface area contributed by atoms with Crippen molar-refractivity contribution in [2.75, 3.05) is 26.2 Å². The molecule has 1 aromatic heterocycles. The Hall–Kier alpha value is -1.13. The van der Waals surface area contributed by atoms with Crippen LogP contribution in [0.2, 0.25) is 0 Å². The van der Waals surface area contributed by atoms with Gasteiger partial charge in [-0.25, -0.2) is 0 Å². The number of nitrogens with zero attached hydrogens (tertiary/aromatic N) is 4. The lowest BCUT2D eigenvalue weighted by molar-refractivity contribution is 0.198. The highest BCUT2D eigenvalue weighted by Gasteiger charge is 2.20. The Morgan fingerprint density at radius 3 is 2.64 bits per heavy atom. The average Bonchev–Trinajstić information content (AvgIpc) is 3.19. The number of aromatic nitrogens is 2. The predicted octanol–water partition coefficient (Wildman–Crippen LogP) is 3.48. The molecule has 1 aliphatic rings. The third-order valence-electron chi connectivity index (χ3n) is 4.75. The van der Waals surface area contributed by atoms with Crippen LogP contribution in [0.1, 0.15) is 25.3 Å². The van der Waals surface area contributed by atoms with Gasteiger partial charge in [-0.1, -0.05) is 28.1 Å². The number of aliphatic imine (C=N–C) groups is 1. The fraction of sp³-hybridized carbons (Fsp3) is 0.500. The van der Waals surface area contributed by atoms with E-state index in [2.05, 4.69) is 67.8 Å². The van der Waals surface area contributed by atoms with E-state index < -0.39 is 0 Å². The van der Waals surface area contributed by atoms with E-state index in [0.29, 0.717) is 6.04 Å². The van der Waals surface area contributed by atoms with Crippen molar-refractivity contribution in [2.45, 2.75) is 38.9 Å². The Kier molecular flexibility index (Phi) is 10.3. The SMILES string of the molecule is CCNC(=NCCn1cccn1)NC1CCN(Cc2ccc(Br)cc2)CC1.I. The molecule has 1 aromatic carbocycles. The summed E-state index contributed by atoms with van der Waals surface area (Å²) in [6, 6.07) is 11.1. The zero-order valence-electron chi connectivity index (χ0n) is 16.4. The van der Waals surface area contributed by atoms with Crippen molar-refractivity contribution < 1.29 is 0 Å².